The third-order valence-corrected chi connectivity index (χ3v) is 0.847. The third kappa shape index (κ3) is 2.04. The second-order valence-corrected chi connectivity index (χ2v) is 1.41. The standard InChI is InChI=1S/C5H10O3/c1-3-4(6)5(7)8-2/h5,7H,3H2,1-2H3. The van der Waals surface area contributed by atoms with E-state index in [1.165, 1.54) is 7.11 Å². The fourth-order valence-electron chi connectivity index (χ4n) is 0.306. The quantitative estimate of drug-likeness (QED) is 0.528. The molecule has 0 heterocycles. The highest BCUT2D eigenvalue weighted by atomic mass is 16.6. The lowest BCUT2D eigenvalue weighted by atomic mass is 10.3. The van der Waals surface area contributed by atoms with Gasteiger partial charge in [-0.1, -0.05) is 6.92 Å². The Labute approximate surface area is 48.3 Å². The first-order chi connectivity index (χ1) is 3.72. The van der Waals surface area contributed by atoms with Crippen molar-refractivity contribution >= 4 is 5.78 Å². The van der Waals surface area contributed by atoms with E-state index in [4.69, 9.17) is 5.11 Å². The maximum Gasteiger partial charge on any atom is 0.215 e. The van der Waals surface area contributed by atoms with Crippen LogP contribution in [-0.4, -0.2) is 24.3 Å². The maximum atomic E-state index is 10.4. The lowest BCUT2D eigenvalue weighted by Gasteiger charge is -2.02. The molecule has 0 saturated heterocycles. The summed E-state index contributed by atoms with van der Waals surface area (Å²) >= 11 is 0. The van der Waals surface area contributed by atoms with Crippen LogP contribution in [0.2, 0.25) is 0 Å². The summed E-state index contributed by atoms with van der Waals surface area (Å²) in [6.45, 7) is 1.67. The molecule has 3 heteroatoms. The van der Waals surface area contributed by atoms with Crippen LogP contribution in [0.4, 0.5) is 0 Å². The predicted octanol–water partition coefficient (Wildman–Crippen LogP) is -0.0697. The van der Waals surface area contributed by atoms with Gasteiger partial charge >= 0.3 is 0 Å². The normalized spacial score (nSPS) is 13.4. The summed E-state index contributed by atoms with van der Waals surface area (Å²) in [6.07, 6.45) is -0.908. The summed E-state index contributed by atoms with van der Waals surface area (Å²) in [7, 11) is 1.29. The van der Waals surface area contributed by atoms with E-state index < -0.39 is 6.29 Å². The van der Waals surface area contributed by atoms with E-state index in [1.54, 1.807) is 6.92 Å². The molecule has 0 aliphatic heterocycles. The molecule has 8 heavy (non-hydrogen) atoms. The van der Waals surface area contributed by atoms with Crippen molar-refractivity contribution in [2.24, 2.45) is 0 Å². The Balaban J connectivity index is 3.46. The summed E-state index contributed by atoms with van der Waals surface area (Å²) in [6, 6.07) is 0. The molecular formula is C5H10O3. The highest BCUT2D eigenvalue weighted by Crippen LogP contribution is 1.89. The molecule has 0 aromatic rings. The molecular weight excluding hydrogens is 108 g/mol. The number of carbonyl (C=O) groups is 1. The summed E-state index contributed by atoms with van der Waals surface area (Å²) < 4.78 is 4.31. The van der Waals surface area contributed by atoms with Crippen LogP contribution in [0.1, 0.15) is 13.3 Å². The first-order valence-electron chi connectivity index (χ1n) is 2.46. The number of methoxy groups -OCH3 is 1. The second kappa shape index (κ2) is 3.57. The molecule has 0 amide bonds. The van der Waals surface area contributed by atoms with Crippen molar-refractivity contribution in [3.8, 4) is 0 Å². The monoisotopic (exact) mass is 118 g/mol. The van der Waals surface area contributed by atoms with Gasteiger partial charge in [-0.05, 0) is 0 Å². The average Bonchev–Trinajstić information content (AvgIpc) is 1.84. The molecule has 0 bridgehead atoms. The SMILES string of the molecule is CCC(=O)C(O)OC. The fraction of sp³-hybridized carbons (Fsp3) is 0.800. The van der Waals surface area contributed by atoms with Crippen molar-refractivity contribution in [1.82, 2.24) is 0 Å². The molecule has 0 spiro atoms. The van der Waals surface area contributed by atoms with Crippen LogP contribution in [0, 0.1) is 0 Å². The number of Topliss-reactive ketones (excluding diaryl/α,β-unsaturated/α-hetero) is 1. The van der Waals surface area contributed by atoms with E-state index in [0.717, 1.165) is 0 Å². The zero-order valence-corrected chi connectivity index (χ0v) is 5.05. The molecule has 48 valence electrons. The Bertz CT molecular complexity index is 79.7. The van der Waals surface area contributed by atoms with Crippen molar-refractivity contribution in [2.75, 3.05) is 7.11 Å². The van der Waals surface area contributed by atoms with E-state index in [1.807, 2.05) is 0 Å². The maximum absolute atomic E-state index is 10.4. The molecule has 3 nitrogen and oxygen atoms in total. The second-order valence-electron chi connectivity index (χ2n) is 1.41. The highest BCUT2D eigenvalue weighted by Gasteiger charge is 2.08. The molecule has 0 saturated carbocycles. The summed E-state index contributed by atoms with van der Waals surface area (Å²) in [4.78, 5) is 10.4. The van der Waals surface area contributed by atoms with Crippen LogP contribution < -0.4 is 0 Å². The summed E-state index contributed by atoms with van der Waals surface area (Å²) in [5.41, 5.74) is 0. The number of carbonyl (C=O) groups excluding carboxylic acids is 1. The van der Waals surface area contributed by atoms with Gasteiger partial charge in [-0.15, -0.1) is 0 Å². The Morgan fingerprint density at radius 3 is 2.50 bits per heavy atom. The number of aliphatic hydroxyl groups is 1. The number of ether oxygens (including phenoxy) is 1. The van der Waals surface area contributed by atoms with Crippen molar-refractivity contribution in [3.05, 3.63) is 0 Å². The van der Waals surface area contributed by atoms with E-state index in [-0.39, 0.29) is 5.78 Å². The first kappa shape index (κ1) is 7.59. The van der Waals surface area contributed by atoms with Gasteiger partial charge in [0.25, 0.3) is 0 Å². The lowest BCUT2D eigenvalue weighted by Crippen LogP contribution is -2.20. The molecule has 1 atom stereocenters. The summed E-state index contributed by atoms with van der Waals surface area (Å²) in [5, 5.41) is 8.55. The van der Waals surface area contributed by atoms with E-state index in [9.17, 15) is 4.79 Å². The molecule has 1 unspecified atom stereocenters. The molecule has 0 aromatic carbocycles. The highest BCUT2D eigenvalue weighted by molar-refractivity contribution is 5.81. The van der Waals surface area contributed by atoms with Crippen LogP contribution in [0.25, 0.3) is 0 Å². The van der Waals surface area contributed by atoms with Crippen LogP contribution >= 0.6 is 0 Å². The van der Waals surface area contributed by atoms with Gasteiger partial charge in [0.15, 0.2) is 5.78 Å². The number of aliphatic hydroxyl groups excluding tert-OH is 1. The van der Waals surface area contributed by atoms with Crippen molar-refractivity contribution in [3.63, 3.8) is 0 Å². The minimum absolute atomic E-state index is 0.285. The molecule has 0 aromatic heterocycles. The van der Waals surface area contributed by atoms with E-state index in [0.29, 0.717) is 6.42 Å². The Hall–Kier alpha value is -0.410. The van der Waals surface area contributed by atoms with Gasteiger partial charge in [-0.25, -0.2) is 0 Å². The molecule has 0 fully saturated rings. The Morgan fingerprint density at radius 1 is 1.88 bits per heavy atom. The fourth-order valence-corrected chi connectivity index (χ4v) is 0.306. The topological polar surface area (TPSA) is 46.5 Å². The van der Waals surface area contributed by atoms with Gasteiger partial charge in [-0.3, -0.25) is 4.79 Å². The molecule has 1 N–H and O–H groups in total. The number of rotatable bonds is 3. The van der Waals surface area contributed by atoms with Gasteiger partial charge in [0, 0.05) is 13.5 Å². The largest absolute Gasteiger partial charge is 0.362 e. The van der Waals surface area contributed by atoms with Gasteiger partial charge < -0.3 is 9.84 Å². The van der Waals surface area contributed by atoms with Crippen LogP contribution in [0.5, 0.6) is 0 Å². The van der Waals surface area contributed by atoms with Gasteiger partial charge in [0.2, 0.25) is 6.29 Å². The van der Waals surface area contributed by atoms with Gasteiger partial charge in [-0.2, -0.15) is 0 Å². The van der Waals surface area contributed by atoms with E-state index in [2.05, 4.69) is 4.74 Å². The Kier molecular flexibility index (Phi) is 3.39. The van der Waals surface area contributed by atoms with Crippen LogP contribution in [-0.2, 0) is 9.53 Å². The average molecular weight is 118 g/mol. The van der Waals surface area contributed by atoms with Crippen molar-refractivity contribution < 1.29 is 14.6 Å². The lowest BCUT2D eigenvalue weighted by molar-refractivity contribution is -0.149. The predicted molar refractivity (Wildman–Crippen MR) is 28.3 cm³/mol. The number of hydrogen-bond acceptors (Lipinski definition) is 3. The minimum Gasteiger partial charge on any atom is -0.362 e. The smallest absolute Gasteiger partial charge is 0.215 e. The van der Waals surface area contributed by atoms with Crippen molar-refractivity contribution in [2.45, 2.75) is 19.6 Å². The van der Waals surface area contributed by atoms with Gasteiger partial charge in [0.05, 0.1) is 0 Å². The Morgan fingerprint density at radius 2 is 2.38 bits per heavy atom. The van der Waals surface area contributed by atoms with Gasteiger partial charge in [0.1, 0.15) is 0 Å². The number of ketones is 1. The summed E-state index contributed by atoms with van der Waals surface area (Å²) in [5.74, 6) is -0.285. The van der Waals surface area contributed by atoms with Crippen molar-refractivity contribution in [1.29, 1.82) is 0 Å². The van der Waals surface area contributed by atoms with E-state index >= 15 is 0 Å². The molecule has 0 radical (unpaired) electrons. The van der Waals surface area contributed by atoms with Crippen LogP contribution in [0.3, 0.4) is 0 Å². The minimum atomic E-state index is -1.22. The molecule has 0 rings (SSSR count). The van der Waals surface area contributed by atoms with Crippen LogP contribution in [0.15, 0.2) is 0 Å². The molecule has 0 aliphatic rings. The molecule has 0 aliphatic carbocycles. The zero-order valence-electron chi connectivity index (χ0n) is 5.05. The number of hydrogen-bond donors (Lipinski definition) is 1. The zero-order chi connectivity index (χ0) is 6.57. The first-order valence-corrected chi connectivity index (χ1v) is 2.46. The third-order valence-electron chi connectivity index (χ3n) is 0.847.